The fourth-order valence-corrected chi connectivity index (χ4v) is 2.98. The standard InChI is InChI=1S/C19H21N3O2/c1-21(2)17-11-9-16(10-12-17)20-14-19(23)22(24)13-5-7-15-6-3-4-8-18(15)22/h3-4,6,8-12,14H,5,7,13H2,1-2H3. The molecule has 2 aromatic rings. The molecule has 0 saturated heterocycles. The van der Waals surface area contributed by atoms with Gasteiger partial charge in [0.1, 0.15) is 11.9 Å². The summed E-state index contributed by atoms with van der Waals surface area (Å²) in [4.78, 5) is 18.7. The molecule has 1 amide bonds. The first-order valence-electron chi connectivity index (χ1n) is 8.04. The van der Waals surface area contributed by atoms with Crippen LogP contribution >= 0.6 is 0 Å². The minimum atomic E-state index is -0.949. The van der Waals surface area contributed by atoms with Crippen LogP contribution < -0.4 is 9.55 Å². The Hall–Kier alpha value is -2.50. The summed E-state index contributed by atoms with van der Waals surface area (Å²) in [6, 6.07) is 14.9. The summed E-state index contributed by atoms with van der Waals surface area (Å²) in [6.07, 6.45) is 2.71. The van der Waals surface area contributed by atoms with Gasteiger partial charge in [0.05, 0.1) is 12.2 Å². The molecule has 24 heavy (non-hydrogen) atoms. The van der Waals surface area contributed by atoms with Crippen LogP contribution in [0.25, 0.3) is 0 Å². The number of rotatable bonds is 3. The molecule has 0 bridgehead atoms. The normalized spacial score (nSPS) is 20.0. The smallest absolute Gasteiger partial charge is 0.361 e. The Bertz CT molecular complexity index is 768. The van der Waals surface area contributed by atoms with Gasteiger partial charge in [-0.1, -0.05) is 18.2 Å². The molecule has 1 aliphatic rings. The minimum Gasteiger partial charge on any atom is -0.619 e. The van der Waals surface area contributed by atoms with Crippen molar-refractivity contribution in [3.63, 3.8) is 0 Å². The molecule has 5 nitrogen and oxygen atoms in total. The summed E-state index contributed by atoms with van der Waals surface area (Å²) in [5.74, 6) is -0.529. The molecule has 1 heterocycles. The van der Waals surface area contributed by atoms with E-state index in [1.165, 1.54) is 6.21 Å². The molecule has 3 rings (SSSR count). The second-order valence-electron chi connectivity index (χ2n) is 6.20. The van der Waals surface area contributed by atoms with E-state index in [4.69, 9.17) is 0 Å². The number of hydrogen-bond donors (Lipinski definition) is 0. The van der Waals surface area contributed by atoms with Gasteiger partial charge in [0.25, 0.3) is 0 Å². The zero-order valence-corrected chi connectivity index (χ0v) is 14.0. The van der Waals surface area contributed by atoms with E-state index in [0.717, 1.165) is 17.7 Å². The van der Waals surface area contributed by atoms with Crippen LogP contribution in [0.4, 0.5) is 17.1 Å². The maximum absolute atomic E-state index is 13.1. The number of quaternary nitrogens is 1. The van der Waals surface area contributed by atoms with Crippen LogP contribution in [-0.2, 0) is 11.2 Å². The molecule has 1 atom stereocenters. The third-order valence-corrected chi connectivity index (χ3v) is 4.35. The molecule has 0 saturated carbocycles. The van der Waals surface area contributed by atoms with Crippen molar-refractivity contribution in [3.05, 3.63) is 59.3 Å². The van der Waals surface area contributed by atoms with E-state index >= 15 is 0 Å². The number of hydroxylamine groups is 2. The third kappa shape index (κ3) is 3.09. The van der Waals surface area contributed by atoms with Crippen molar-refractivity contribution >= 4 is 29.2 Å². The molecule has 0 aliphatic carbocycles. The van der Waals surface area contributed by atoms with Crippen LogP contribution in [0.5, 0.6) is 0 Å². The number of fused-ring (bicyclic) bond motifs is 1. The highest BCUT2D eigenvalue weighted by Gasteiger charge is 2.33. The Morgan fingerprint density at radius 2 is 1.88 bits per heavy atom. The van der Waals surface area contributed by atoms with Gasteiger partial charge in [0, 0.05) is 37.8 Å². The van der Waals surface area contributed by atoms with Crippen LogP contribution in [0.1, 0.15) is 12.0 Å². The number of carbonyl (C=O) groups is 1. The summed E-state index contributed by atoms with van der Waals surface area (Å²) in [5, 5.41) is 13.1. The molecule has 0 fully saturated rings. The van der Waals surface area contributed by atoms with E-state index < -0.39 is 10.6 Å². The molecular weight excluding hydrogens is 302 g/mol. The van der Waals surface area contributed by atoms with E-state index in [9.17, 15) is 10.0 Å². The molecule has 1 unspecified atom stereocenters. The Balaban J connectivity index is 1.82. The van der Waals surface area contributed by atoms with Crippen molar-refractivity contribution in [3.8, 4) is 0 Å². The topological polar surface area (TPSA) is 55.7 Å². The SMILES string of the molecule is CN(C)c1ccc(N=CC(=O)[N+]2([O-])CCCc3ccccc32)cc1. The maximum Gasteiger partial charge on any atom is 0.361 e. The van der Waals surface area contributed by atoms with Crippen LogP contribution in [-0.4, -0.2) is 32.8 Å². The monoisotopic (exact) mass is 323 g/mol. The number of benzene rings is 2. The van der Waals surface area contributed by atoms with Gasteiger partial charge in [-0.25, -0.2) is 9.79 Å². The zero-order chi connectivity index (χ0) is 17.2. The molecule has 0 radical (unpaired) electrons. The minimum absolute atomic E-state index is 0.265. The van der Waals surface area contributed by atoms with E-state index in [2.05, 4.69) is 4.99 Å². The first-order valence-corrected chi connectivity index (χ1v) is 8.04. The van der Waals surface area contributed by atoms with Crippen LogP contribution in [0.3, 0.4) is 0 Å². The third-order valence-electron chi connectivity index (χ3n) is 4.35. The van der Waals surface area contributed by atoms with Crippen molar-refractivity contribution in [2.45, 2.75) is 12.8 Å². The van der Waals surface area contributed by atoms with Crippen LogP contribution in [0.2, 0.25) is 0 Å². The number of aliphatic imine (C=N–C) groups is 1. The molecule has 0 aromatic heterocycles. The Morgan fingerprint density at radius 3 is 2.58 bits per heavy atom. The summed E-state index contributed by atoms with van der Waals surface area (Å²) in [7, 11) is 3.92. The van der Waals surface area contributed by atoms with Crippen molar-refractivity contribution < 1.29 is 4.79 Å². The van der Waals surface area contributed by atoms with Crippen molar-refractivity contribution in [2.75, 3.05) is 25.5 Å². The fourth-order valence-electron chi connectivity index (χ4n) is 2.98. The number of amides is 1. The Labute approximate surface area is 142 Å². The Kier molecular flexibility index (Phi) is 4.46. The lowest BCUT2D eigenvalue weighted by molar-refractivity contribution is -0.121. The number of para-hydroxylation sites is 1. The van der Waals surface area contributed by atoms with Gasteiger partial charge in [-0.05, 0) is 30.7 Å². The van der Waals surface area contributed by atoms with Crippen molar-refractivity contribution in [2.24, 2.45) is 4.99 Å². The van der Waals surface area contributed by atoms with E-state index in [0.29, 0.717) is 17.8 Å². The van der Waals surface area contributed by atoms with Gasteiger partial charge >= 0.3 is 5.91 Å². The number of aryl methyl sites for hydroxylation is 1. The quantitative estimate of drug-likeness (QED) is 0.494. The second kappa shape index (κ2) is 6.55. The van der Waals surface area contributed by atoms with E-state index in [1.54, 1.807) is 12.1 Å². The average Bonchev–Trinajstić information content (AvgIpc) is 2.60. The molecule has 5 heteroatoms. The summed E-state index contributed by atoms with van der Waals surface area (Å²) in [6.45, 7) is 0.265. The van der Waals surface area contributed by atoms with Crippen molar-refractivity contribution in [1.82, 2.24) is 4.65 Å². The molecule has 0 N–H and O–H groups in total. The highest BCUT2D eigenvalue weighted by Crippen LogP contribution is 2.32. The number of nitrogens with zero attached hydrogens (tertiary/aromatic N) is 3. The molecule has 0 spiro atoms. The lowest BCUT2D eigenvalue weighted by Gasteiger charge is -2.41. The largest absolute Gasteiger partial charge is 0.619 e. The van der Waals surface area contributed by atoms with Crippen LogP contribution in [0, 0.1) is 5.21 Å². The summed E-state index contributed by atoms with van der Waals surface area (Å²) < 4.78 is -0.949. The highest BCUT2D eigenvalue weighted by atomic mass is 16.6. The molecule has 1 aliphatic heterocycles. The maximum atomic E-state index is 13.1. The average molecular weight is 323 g/mol. The number of hydrogen-bond acceptors (Lipinski definition) is 4. The van der Waals surface area contributed by atoms with Crippen molar-refractivity contribution in [1.29, 1.82) is 0 Å². The van der Waals surface area contributed by atoms with Crippen LogP contribution in [0.15, 0.2) is 53.5 Å². The lowest BCUT2D eigenvalue weighted by Crippen LogP contribution is -2.52. The predicted molar refractivity (Wildman–Crippen MR) is 98.7 cm³/mol. The highest BCUT2D eigenvalue weighted by molar-refractivity contribution is 6.31. The van der Waals surface area contributed by atoms with Gasteiger partial charge in [0.2, 0.25) is 0 Å². The molecular formula is C19H21N3O2. The fraction of sp³-hybridized carbons (Fsp3) is 0.263. The predicted octanol–water partition coefficient (Wildman–Crippen LogP) is 3.43. The van der Waals surface area contributed by atoms with Gasteiger partial charge in [0.15, 0.2) is 0 Å². The molecule has 2 aromatic carbocycles. The van der Waals surface area contributed by atoms with Gasteiger partial charge in [-0.2, -0.15) is 0 Å². The van der Waals surface area contributed by atoms with Gasteiger partial charge < -0.3 is 10.1 Å². The van der Waals surface area contributed by atoms with E-state index in [1.807, 2.05) is 55.4 Å². The summed E-state index contributed by atoms with van der Waals surface area (Å²) in [5.41, 5.74) is 3.21. The second-order valence-corrected chi connectivity index (χ2v) is 6.20. The van der Waals surface area contributed by atoms with Gasteiger partial charge in [-0.15, -0.1) is 0 Å². The first-order chi connectivity index (χ1) is 11.5. The first kappa shape index (κ1) is 16.4. The summed E-state index contributed by atoms with van der Waals surface area (Å²) >= 11 is 0. The van der Waals surface area contributed by atoms with E-state index in [-0.39, 0.29) is 6.54 Å². The zero-order valence-electron chi connectivity index (χ0n) is 14.0. The lowest BCUT2D eigenvalue weighted by atomic mass is 10.0. The molecule has 124 valence electrons. The van der Waals surface area contributed by atoms with Gasteiger partial charge in [-0.3, -0.25) is 4.65 Å². The number of carbonyl (C=O) groups excluding carboxylic acids is 1. The number of anilines is 1. The Morgan fingerprint density at radius 1 is 1.17 bits per heavy atom.